The van der Waals surface area contributed by atoms with Crippen molar-refractivity contribution in [2.75, 3.05) is 12.4 Å². The standard InChI is InChI=1S/C21H21NO3/c1-14(23)21(24)20(22-16-10-12-17(25-2)13-11-16)19-9-5-7-15-6-3-4-8-18(15)19/h3-13,20-22,24H,1-2H3/t20-,21-/m1/s1. The SMILES string of the molecule is COc1ccc(N[C@H](c2cccc3ccccc23)[C@H](O)C(C)=O)cc1. The number of hydrogen-bond donors (Lipinski definition) is 2. The average molecular weight is 335 g/mol. The van der Waals surface area contributed by atoms with E-state index in [2.05, 4.69) is 5.32 Å². The molecule has 0 bridgehead atoms. The second-order valence-electron chi connectivity index (χ2n) is 5.97. The van der Waals surface area contributed by atoms with Crippen molar-refractivity contribution >= 4 is 22.2 Å². The number of ketones is 1. The summed E-state index contributed by atoms with van der Waals surface area (Å²) < 4.78 is 5.17. The Balaban J connectivity index is 2.03. The van der Waals surface area contributed by atoms with Gasteiger partial charge in [0.05, 0.1) is 13.2 Å². The molecular weight excluding hydrogens is 314 g/mol. The molecule has 2 atom stereocenters. The summed E-state index contributed by atoms with van der Waals surface area (Å²) in [5.74, 6) is 0.471. The Bertz CT molecular complexity index is 868. The highest BCUT2D eigenvalue weighted by atomic mass is 16.5. The molecule has 0 heterocycles. The van der Waals surface area contributed by atoms with Gasteiger partial charge in [-0.15, -0.1) is 0 Å². The second kappa shape index (κ2) is 7.36. The van der Waals surface area contributed by atoms with Crippen molar-refractivity contribution in [2.24, 2.45) is 0 Å². The number of rotatable bonds is 6. The molecule has 0 saturated heterocycles. The van der Waals surface area contributed by atoms with Gasteiger partial charge in [0.25, 0.3) is 0 Å². The number of aliphatic hydroxyl groups excluding tert-OH is 1. The summed E-state index contributed by atoms with van der Waals surface area (Å²) in [5, 5.41) is 15.9. The maximum atomic E-state index is 11.9. The van der Waals surface area contributed by atoms with Gasteiger partial charge in [-0.25, -0.2) is 0 Å². The summed E-state index contributed by atoms with van der Waals surface area (Å²) in [6, 6.07) is 20.7. The Morgan fingerprint density at radius 1 is 1.00 bits per heavy atom. The number of carbonyl (C=O) groups is 1. The van der Waals surface area contributed by atoms with Gasteiger partial charge in [0.15, 0.2) is 5.78 Å². The molecule has 3 aromatic rings. The van der Waals surface area contributed by atoms with Crippen molar-refractivity contribution in [3.63, 3.8) is 0 Å². The van der Waals surface area contributed by atoms with Crippen molar-refractivity contribution in [2.45, 2.75) is 19.1 Å². The fourth-order valence-electron chi connectivity index (χ4n) is 2.95. The van der Waals surface area contributed by atoms with Crippen molar-refractivity contribution in [1.29, 1.82) is 0 Å². The number of hydrogen-bond acceptors (Lipinski definition) is 4. The van der Waals surface area contributed by atoms with E-state index in [9.17, 15) is 9.90 Å². The molecular formula is C21H21NO3. The summed E-state index contributed by atoms with van der Waals surface area (Å²) in [6.07, 6.45) is -1.15. The molecule has 0 aliphatic rings. The molecule has 0 saturated carbocycles. The number of benzene rings is 3. The lowest BCUT2D eigenvalue weighted by molar-refractivity contribution is -0.125. The highest BCUT2D eigenvalue weighted by Gasteiger charge is 2.26. The number of anilines is 1. The zero-order valence-corrected chi connectivity index (χ0v) is 14.3. The smallest absolute Gasteiger partial charge is 0.160 e. The van der Waals surface area contributed by atoms with E-state index in [0.717, 1.165) is 27.8 Å². The number of fused-ring (bicyclic) bond motifs is 1. The topological polar surface area (TPSA) is 58.6 Å². The molecule has 0 spiro atoms. The zero-order chi connectivity index (χ0) is 17.8. The van der Waals surface area contributed by atoms with Gasteiger partial charge in [0.2, 0.25) is 0 Å². The van der Waals surface area contributed by atoms with Crippen LogP contribution in [0.2, 0.25) is 0 Å². The van der Waals surface area contributed by atoms with E-state index >= 15 is 0 Å². The first-order valence-corrected chi connectivity index (χ1v) is 8.17. The third-order valence-electron chi connectivity index (χ3n) is 4.30. The van der Waals surface area contributed by atoms with Gasteiger partial charge in [-0.1, -0.05) is 42.5 Å². The summed E-state index contributed by atoms with van der Waals surface area (Å²) in [4.78, 5) is 11.9. The van der Waals surface area contributed by atoms with Crippen LogP contribution in [0.1, 0.15) is 18.5 Å². The molecule has 25 heavy (non-hydrogen) atoms. The first kappa shape index (κ1) is 17.0. The molecule has 0 fully saturated rings. The van der Waals surface area contributed by atoms with E-state index in [0.29, 0.717) is 0 Å². The molecule has 0 aliphatic heterocycles. The van der Waals surface area contributed by atoms with Crippen molar-refractivity contribution in [1.82, 2.24) is 0 Å². The molecule has 128 valence electrons. The van der Waals surface area contributed by atoms with Gasteiger partial charge in [-0.2, -0.15) is 0 Å². The van der Waals surface area contributed by atoms with Crippen molar-refractivity contribution < 1.29 is 14.6 Å². The first-order chi connectivity index (χ1) is 12.1. The number of ether oxygens (including phenoxy) is 1. The Morgan fingerprint density at radius 3 is 2.36 bits per heavy atom. The van der Waals surface area contributed by atoms with Crippen LogP contribution in [-0.4, -0.2) is 24.1 Å². The number of nitrogens with one attached hydrogen (secondary N) is 1. The minimum Gasteiger partial charge on any atom is -0.497 e. The molecule has 4 nitrogen and oxygen atoms in total. The highest BCUT2D eigenvalue weighted by Crippen LogP contribution is 2.30. The molecule has 0 aliphatic carbocycles. The maximum absolute atomic E-state index is 11.9. The average Bonchev–Trinajstić information content (AvgIpc) is 2.65. The molecule has 4 heteroatoms. The largest absolute Gasteiger partial charge is 0.497 e. The van der Waals surface area contributed by atoms with Crippen LogP contribution in [0.25, 0.3) is 10.8 Å². The monoisotopic (exact) mass is 335 g/mol. The Kier molecular flexibility index (Phi) is 5.00. The molecule has 3 rings (SSSR count). The fourth-order valence-corrected chi connectivity index (χ4v) is 2.95. The number of carbonyl (C=O) groups excluding carboxylic acids is 1. The first-order valence-electron chi connectivity index (χ1n) is 8.17. The van der Waals surface area contributed by atoms with Gasteiger partial charge < -0.3 is 15.2 Å². The van der Waals surface area contributed by atoms with Crippen LogP contribution in [0.15, 0.2) is 66.7 Å². The zero-order valence-electron chi connectivity index (χ0n) is 14.3. The van der Waals surface area contributed by atoms with Crippen LogP contribution < -0.4 is 10.1 Å². The Labute approximate surface area is 147 Å². The van der Waals surface area contributed by atoms with Gasteiger partial charge in [-0.05, 0) is 47.5 Å². The molecule has 0 unspecified atom stereocenters. The van der Waals surface area contributed by atoms with E-state index < -0.39 is 12.1 Å². The summed E-state index contributed by atoms with van der Waals surface area (Å²) in [7, 11) is 1.61. The third-order valence-corrected chi connectivity index (χ3v) is 4.30. The highest BCUT2D eigenvalue weighted by molar-refractivity contribution is 5.88. The molecule has 0 aromatic heterocycles. The van der Waals surface area contributed by atoms with Crippen LogP contribution in [-0.2, 0) is 4.79 Å². The van der Waals surface area contributed by atoms with Crippen LogP contribution in [0.4, 0.5) is 5.69 Å². The van der Waals surface area contributed by atoms with E-state index in [4.69, 9.17) is 4.74 Å². The van der Waals surface area contributed by atoms with Crippen LogP contribution in [0.3, 0.4) is 0 Å². The molecule has 3 aromatic carbocycles. The normalized spacial score (nSPS) is 13.2. The van der Waals surface area contributed by atoms with E-state index in [1.807, 2.05) is 66.7 Å². The minimum absolute atomic E-state index is 0.279. The predicted molar refractivity (Wildman–Crippen MR) is 100.0 cm³/mol. The number of aliphatic hydroxyl groups is 1. The van der Waals surface area contributed by atoms with Crippen molar-refractivity contribution in [3.8, 4) is 5.75 Å². The summed E-state index contributed by atoms with van der Waals surface area (Å²) >= 11 is 0. The van der Waals surface area contributed by atoms with E-state index in [-0.39, 0.29) is 5.78 Å². The fraction of sp³-hybridized carbons (Fsp3) is 0.190. The van der Waals surface area contributed by atoms with Gasteiger partial charge in [0, 0.05) is 5.69 Å². The lowest BCUT2D eigenvalue weighted by atomic mass is 9.93. The number of methoxy groups -OCH3 is 1. The predicted octanol–water partition coefficient (Wildman–Crippen LogP) is 3.95. The summed E-state index contributed by atoms with van der Waals surface area (Å²) in [6.45, 7) is 1.40. The van der Waals surface area contributed by atoms with Gasteiger partial charge >= 0.3 is 0 Å². The maximum Gasteiger partial charge on any atom is 0.160 e. The van der Waals surface area contributed by atoms with E-state index in [1.54, 1.807) is 7.11 Å². The van der Waals surface area contributed by atoms with Crippen LogP contribution in [0.5, 0.6) is 5.75 Å². The lowest BCUT2D eigenvalue weighted by Crippen LogP contribution is -2.31. The van der Waals surface area contributed by atoms with E-state index in [1.165, 1.54) is 6.92 Å². The van der Waals surface area contributed by atoms with Gasteiger partial charge in [-0.3, -0.25) is 4.79 Å². The number of Topliss-reactive ketones (excluding diaryl/α,β-unsaturated/α-hetero) is 1. The van der Waals surface area contributed by atoms with Crippen LogP contribution in [0, 0.1) is 0 Å². The Morgan fingerprint density at radius 2 is 1.68 bits per heavy atom. The van der Waals surface area contributed by atoms with Crippen molar-refractivity contribution in [3.05, 3.63) is 72.3 Å². The quantitative estimate of drug-likeness (QED) is 0.716. The Hall–Kier alpha value is -2.85. The second-order valence-corrected chi connectivity index (χ2v) is 5.97. The lowest BCUT2D eigenvalue weighted by Gasteiger charge is -2.25. The summed E-state index contributed by atoms with van der Waals surface area (Å²) in [5.41, 5.74) is 1.69. The molecule has 0 radical (unpaired) electrons. The molecule has 0 amide bonds. The minimum atomic E-state index is -1.15. The third kappa shape index (κ3) is 3.64. The molecule has 2 N–H and O–H groups in total. The van der Waals surface area contributed by atoms with Crippen LogP contribution >= 0.6 is 0 Å². The van der Waals surface area contributed by atoms with Gasteiger partial charge in [0.1, 0.15) is 11.9 Å².